The van der Waals surface area contributed by atoms with Crippen molar-refractivity contribution in [3.8, 4) is 0 Å². The van der Waals surface area contributed by atoms with E-state index < -0.39 is 0 Å². The second-order valence-corrected chi connectivity index (χ2v) is 3.16. The molecule has 0 aliphatic heterocycles. The normalized spacial score (nSPS) is 26.3. The smallest absolute Gasteiger partial charge is 0.215 e. The Morgan fingerprint density at radius 1 is 1.36 bits per heavy atom. The fourth-order valence-corrected chi connectivity index (χ4v) is 1.39. The van der Waals surface area contributed by atoms with E-state index in [-0.39, 0.29) is 17.6 Å². The first-order chi connectivity index (χ1) is 5.13. The highest BCUT2D eigenvalue weighted by Crippen LogP contribution is 2.14. The highest BCUT2D eigenvalue weighted by atomic mass is 16.2. The Bertz CT molecular complexity index is 187. The van der Waals surface area contributed by atoms with E-state index in [2.05, 4.69) is 0 Å². The molecule has 1 unspecified atom stereocenters. The van der Waals surface area contributed by atoms with Gasteiger partial charge in [-0.15, -0.1) is 0 Å². The van der Waals surface area contributed by atoms with Gasteiger partial charge < -0.3 is 0 Å². The van der Waals surface area contributed by atoms with Crippen LogP contribution >= 0.6 is 0 Å². The van der Waals surface area contributed by atoms with Crippen molar-refractivity contribution in [1.82, 2.24) is 4.90 Å². The van der Waals surface area contributed by atoms with E-state index >= 15 is 0 Å². The van der Waals surface area contributed by atoms with Crippen molar-refractivity contribution < 1.29 is 9.59 Å². The Morgan fingerprint density at radius 2 is 2.00 bits per heavy atom. The van der Waals surface area contributed by atoms with Crippen molar-refractivity contribution in [1.29, 1.82) is 0 Å². The molecule has 1 rings (SSSR count). The van der Waals surface area contributed by atoms with E-state index in [9.17, 15) is 9.59 Å². The van der Waals surface area contributed by atoms with Crippen LogP contribution in [0.5, 0.6) is 0 Å². The molecule has 0 amide bonds. The lowest BCUT2D eigenvalue weighted by Gasteiger charge is -2.25. The van der Waals surface area contributed by atoms with Gasteiger partial charge in [0, 0.05) is 6.42 Å². The summed E-state index contributed by atoms with van der Waals surface area (Å²) in [6, 6.07) is -0.156. The summed E-state index contributed by atoms with van der Waals surface area (Å²) >= 11 is 0. The summed E-state index contributed by atoms with van der Waals surface area (Å²) in [5, 5.41) is 0. The molecule has 0 bridgehead atoms. The van der Waals surface area contributed by atoms with E-state index in [1.807, 2.05) is 19.0 Å². The number of ketones is 2. The minimum atomic E-state index is -0.207. The van der Waals surface area contributed by atoms with Crippen LogP contribution in [0.4, 0.5) is 0 Å². The first-order valence-corrected chi connectivity index (χ1v) is 3.86. The molecule has 3 nitrogen and oxygen atoms in total. The third kappa shape index (κ3) is 1.66. The van der Waals surface area contributed by atoms with Crippen molar-refractivity contribution in [2.45, 2.75) is 25.3 Å². The highest BCUT2D eigenvalue weighted by molar-refractivity contribution is 6.39. The minimum Gasteiger partial charge on any atom is -0.299 e. The summed E-state index contributed by atoms with van der Waals surface area (Å²) in [7, 11) is 3.67. The molecule has 0 saturated heterocycles. The van der Waals surface area contributed by atoms with Crippen molar-refractivity contribution in [3.63, 3.8) is 0 Å². The molecule has 1 aliphatic rings. The zero-order valence-corrected chi connectivity index (χ0v) is 6.96. The van der Waals surface area contributed by atoms with Crippen molar-refractivity contribution in [2.75, 3.05) is 14.1 Å². The van der Waals surface area contributed by atoms with E-state index in [1.165, 1.54) is 0 Å². The van der Waals surface area contributed by atoms with Gasteiger partial charge in [-0.25, -0.2) is 0 Å². The summed E-state index contributed by atoms with van der Waals surface area (Å²) in [4.78, 5) is 23.9. The molecule has 62 valence electrons. The first-order valence-electron chi connectivity index (χ1n) is 3.86. The van der Waals surface area contributed by atoms with Gasteiger partial charge >= 0.3 is 0 Å². The molecular formula is C8H13NO2. The maximum absolute atomic E-state index is 11.2. The third-order valence-electron chi connectivity index (χ3n) is 2.08. The van der Waals surface area contributed by atoms with Gasteiger partial charge in [-0.2, -0.15) is 0 Å². The van der Waals surface area contributed by atoms with Gasteiger partial charge in [0.05, 0.1) is 6.04 Å². The molecule has 3 heteroatoms. The second-order valence-electron chi connectivity index (χ2n) is 3.16. The third-order valence-corrected chi connectivity index (χ3v) is 2.08. The summed E-state index contributed by atoms with van der Waals surface area (Å²) < 4.78 is 0. The molecule has 11 heavy (non-hydrogen) atoms. The average molecular weight is 155 g/mol. The molecular weight excluding hydrogens is 142 g/mol. The fourth-order valence-electron chi connectivity index (χ4n) is 1.39. The van der Waals surface area contributed by atoms with Gasteiger partial charge in [-0.05, 0) is 26.9 Å². The Kier molecular flexibility index (Phi) is 2.39. The molecule has 0 spiro atoms. The van der Waals surface area contributed by atoms with Crippen LogP contribution in [0.3, 0.4) is 0 Å². The Balaban J connectivity index is 2.66. The Hall–Kier alpha value is -0.700. The lowest BCUT2D eigenvalue weighted by atomic mass is 9.92. The number of carbonyl (C=O) groups is 2. The largest absolute Gasteiger partial charge is 0.299 e. The Labute approximate surface area is 66.4 Å². The molecule has 0 N–H and O–H groups in total. The van der Waals surface area contributed by atoms with Crippen molar-refractivity contribution >= 4 is 11.6 Å². The summed E-state index contributed by atoms with van der Waals surface area (Å²) in [6.07, 6.45) is 2.13. The average Bonchev–Trinajstić information content (AvgIpc) is 1.94. The van der Waals surface area contributed by atoms with Crippen LogP contribution in [0.2, 0.25) is 0 Å². The number of nitrogens with zero attached hydrogens (tertiary/aromatic N) is 1. The lowest BCUT2D eigenvalue weighted by Crippen LogP contribution is -2.42. The lowest BCUT2D eigenvalue weighted by molar-refractivity contribution is -0.141. The van der Waals surface area contributed by atoms with Gasteiger partial charge in [-0.3, -0.25) is 14.5 Å². The van der Waals surface area contributed by atoms with Crippen molar-refractivity contribution in [2.24, 2.45) is 0 Å². The molecule has 0 heterocycles. The molecule has 0 aromatic rings. The predicted molar refractivity (Wildman–Crippen MR) is 41.3 cm³/mol. The number of likely N-dealkylation sites (N-methyl/N-ethyl adjacent to an activating group) is 1. The van der Waals surface area contributed by atoms with Gasteiger partial charge in [-0.1, -0.05) is 0 Å². The van der Waals surface area contributed by atoms with Crippen LogP contribution in [0.25, 0.3) is 0 Å². The molecule has 1 aliphatic carbocycles. The Morgan fingerprint density at radius 3 is 2.45 bits per heavy atom. The molecule has 1 atom stereocenters. The monoisotopic (exact) mass is 155 g/mol. The van der Waals surface area contributed by atoms with E-state index in [4.69, 9.17) is 0 Å². The number of carbonyl (C=O) groups excluding carboxylic acids is 2. The van der Waals surface area contributed by atoms with Crippen LogP contribution in [0, 0.1) is 0 Å². The molecule has 0 aromatic carbocycles. The maximum atomic E-state index is 11.2. The molecule has 0 radical (unpaired) electrons. The molecule has 0 aromatic heterocycles. The van der Waals surface area contributed by atoms with Gasteiger partial charge in [0.25, 0.3) is 0 Å². The van der Waals surface area contributed by atoms with Gasteiger partial charge in [0.1, 0.15) is 0 Å². The summed E-state index contributed by atoms with van der Waals surface area (Å²) in [5.41, 5.74) is 0. The van der Waals surface area contributed by atoms with E-state index in [0.29, 0.717) is 6.42 Å². The minimum absolute atomic E-state index is 0.156. The van der Waals surface area contributed by atoms with Gasteiger partial charge in [0.15, 0.2) is 5.78 Å². The zero-order valence-electron chi connectivity index (χ0n) is 6.96. The van der Waals surface area contributed by atoms with Crippen LogP contribution in [0.15, 0.2) is 0 Å². The quantitative estimate of drug-likeness (QED) is 0.509. The van der Waals surface area contributed by atoms with Crippen LogP contribution < -0.4 is 0 Å². The highest BCUT2D eigenvalue weighted by Gasteiger charge is 2.30. The number of hydrogen-bond donors (Lipinski definition) is 0. The maximum Gasteiger partial charge on any atom is 0.215 e. The SMILES string of the molecule is CN(C)C1CCCC(=O)C1=O. The number of hydrogen-bond acceptors (Lipinski definition) is 3. The van der Waals surface area contributed by atoms with Crippen LogP contribution in [0.1, 0.15) is 19.3 Å². The zero-order chi connectivity index (χ0) is 8.43. The topological polar surface area (TPSA) is 37.4 Å². The number of Topliss-reactive ketones (excluding diaryl/α,β-unsaturated/α-hetero) is 2. The molecule has 1 fully saturated rings. The first kappa shape index (κ1) is 8.40. The van der Waals surface area contributed by atoms with Crippen molar-refractivity contribution in [3.05, 3.63) is 0 Å². The second kappa shape index (κ2) is 3.13. The van der Waals surface area contributed by atoms with Crippen LogP contribution in [-0.4, -0.2) is 36.6 Å². The van der Waals surface area contributed by atoms with E-state index in [0.717, 1.165) is 12.8 Å². The standard InChI is InChI=1S/C8H13NO2/c1-9(2)6-4-3-5-7(10)8(6)11/h6H,3-5H2,1-2H3. The summed E-state index contributed by atoms with van der Waals surface area (Å²) in [5.74, 6) is -0.406. The fraction of sp³-hybridized carbons (Fsp3) is 0.750. The number of rotatable bonds is 1. The summed E-state index contributed by atoms with van der Waals surface area (Å²) in [6.45, 7) is 0. The van der Waals surface area contributed by atoms with Crippen LogP contribution in [-0.2, 0) is 9.59 Å². The predicted octanol–water partition coefficient (Wildman–Crippen LogP) is 0.239. The molecule has 1 saturated carbocycles. The van der Waals surface area contributed by atoms with E-state index in [1.54, 1.807) is 0 Å². The van der Waals surface area contributed by atoms with Gasteiger partial charge in [0.2, 0.25) is 5.78 Å².